The van der Waals surface area contributed by atoms with Gasteiger partial charge in [0.25, 0.3) is 0 Å². The lowest BCUT2D eigenvalue weighted by atomic mass is 9.71. The molecule has 144 valence electrons. The van der Waals surface area contributed by atoms with E-state index in [0.29, 0.717) is 19.0 Å². The van der Waals surface area contributed by atoms with Gasteiger partial charge in [0.05, 0.1) is 17.6 Å². The quantitative estimate of drug-likeness (QED) is 0.753. The number of pyridine rings is 1. The molecule has 6 nitrogen and oxygen atoms in total. The van der Waals surface area contributed by atoms with Gasteiger partial charge in [-0.2, -0.15) is 0 Å². The number of likely N-dealkylation sites (tertiary alicyclic amines) is 1. The molecule has 26 heavy (non-hydrogen) atoms. The maximum atomic E-state index is 12.5. The Balaban J connectivity index is 1.44. The number of hydrogen-bond donors (Lipinski definition) is 0. The molecule has 0 bridgehead atoms. The number of hydrogen-bond acceptors (Lipinski definition) is 5. The number of aromatic nitrogens is 1. The van der Waals surface area contributed by atoms with Crippen molar-refractivity contribution in [3.05, 3.63) is 30.1 Å². The summed E-state index contributed by atoms with van der Waals surface area (Å²) in [6.07, 6.45) is 5.40. The van der Waals surface area contributed by atoms with Gasteiger partial charge < -0.3 is 4.74 Å². The first-order chi connectivity index (χ1) is 12.5. The molecular weight excluding hydrogens is 350 g/mol. The van der Waals surface area contributed by atoms with Gasteiger partial charge in [-0.1, -0.05) is 6.07 Å². The molecule has 2 aliphatic heterocycles. The normalized spacial score (nSPS) is 27.2. The SMILES string of the molecule is COC[C@H]1CN(Cc2ccccn2)CC12CCN(S(=O)(=O)C1CC1)CC2. The Morgan fingerprint density at radius 3 is 2.65 bits per heavy atom. The van der Waals surface area contributed by atoms with Crippen LogP contribution in [0.25, 0.3) is 0 Å². The van der Waals surface area contributed by atoms with Crippen molar-refractivity contribution in [2.75, 3.05) is 39.9 Å². The van der Waals surface area contributed by atoms with Crippen LogP contribution in [0.5, 0.6) is 0 Å². The van der Waals surface area contributed by atoms with Gasteiger partial charge in [0.1, 0.15) is 0 Å². The van der Waals surface area contributed by atoms with Crippen LogP contribution in [-0.4, -0.2) is 67.8 Å². The molecule has 0 amide bonds. The number of piperidine rings is 1. The van der Waals surface area contributed by atoms with Crippen molar-refractivity contribution in [2.24, 2.45) is 11.3 Å². The molecule has 1 aromatic heterocycles. The van der Waals surface area contributed by atoms with Gasteiger partial charge in [0.2, 0.25) is 10.0 Å². The average molecular weight is 380 g/mol. The van der Waals surface area contributed by atoms with Crippen molar-refractivity contribution < 1.29 is 13.2 Å². The minimum absolute atomic E-state index is 0.101. The summed E-state index contributed by atoms with van der Waals surface area (Å²) in [6, 6.07) is 6.04. The summed E-state index contributed by atoms with van der Waals surface area (Å²) in [5.74, 6) is 0.460. The van der Waals surface area contributed by atoms with E-state index in [1.54, 1.807) is 11.4 Å². The van der Waals surface area contributed by atoms with E-state index in [2.05, 4.69) is 16.0 Å². The zero-order chi connectivity index (χ0) is 18.2. The van der Waals surface area contributed by atoms with E-state index in [1.807, 2.05) is 18.3 Å². The van der Waals surface area contributed by atoms with Crippen LogP contribution in [0.3, 0.4) is 0 Å². The summed E-state index contributed by atoms with van der Waals surface area (Å²) in [7, 11) is -1.28. The van der Waals surface area contributed by atoms with Crippen LogP contribution in [0.15, 0.2) is 24.4 Å². The Bertz CT molecular complexity index is 713. The van der Waals surface area contributed by atoms with Gasteiger partial charge in [-0.15, -0.1) is 0 Å². The summed E-state index contributed by atoms with van der Waals surface area (Å²) >= 11 is 0. The zero-order valence-electron chi connectivity index (χ0n) is 15.5. The summed E-state index contributed by atoms with van der Waals surface area (Å²) in [4.78, 5) is 6.93. The van der Waals surface area contributed by atoms with E-state index in [-0.39, 0.29) is 10.7 Å². The van der Waals surface area contributed by atoms with Crippen molar-refractivity contribution >= 4 is 10.0 Å². The summed E-state index contributed by atoms with van der Waals surface area (Å²) in [6.45, 7) is 4.93. The molecule has 1 spiro atoms. The Labute approximate surface area is 156 Å². The third-order valence-corrected chi connectivity index (χ3v) is 8.79. The summed E-state index contributed by atoms with van der Waals surface area (Å²) < 4.78 is 32.4. The largest absolute Gasteiger partial charge is 0.384 e. The van der Waals surface area contributed by atoms with E-state index in [4.69, 9.17) is 4.74 Å². The van der Waals surface area contributed by atoms with Gasteiger partial charge in [0.15, 0.2) is 0 Å². The number of rotatable bonds is 6. The van der Waals surface area contributed by atoms with E-state index in [1.165, 1.54) is 0 Å². The highest BCUT2D eigenvalue weighted by atomic mass is 32.2. The molecule has 1 aliphatic carbocycles. The third kappa shape index (κ3) is 3.54. The number of ether oxygens (including phenoxy) is 1. The lowest BCUT2D eigenvalue weighted by molar-refractivity contribution is 0.0567. The first kappa shape index (κ1) is 18.3. The molecular formula is C19H29N3O3S. The predicted octanol–water partition coefficient (Wildman–Crippen LogP) is 1.73. The highest BCUT2D eigenvalue weighted by molar-refractivity contribution is 7.90. The molecule has 0 aromatic carbocycles. The maximum Gasteiger partial charge on any atom is 0.216 e. The smallest absolute Gasteiger partial charge is 0.216 e. The second-order valence-electron chi connectivity index (χ2n) is 8.15. The second-order valence-corrected chi connectivity index (χ2v) is 10.4. The first-order valence-corrected chi connectivity index (χ1v) is 11.1. The third-order valence-electron chi connectivity index (χ3n) is 6.39. The first-order valence-electron chi connectivity index (χ1n) is 9.64. The molecule has 7 heteroatoms. The molecule has 0 unspecified atom stereocenters. The van der Waals surface area contributed by atoms with Gasteiger partial charge in [-0.3, -0.25) is 9.88 Å². The fourth-order valence-electron chi connectivity index (χ4n) is 4.75. The van der Waals surface area contributed by atoms with E-state index in [9.17, 15) is 8.42 Å². The molecule has 4 rings (SSSR count). The van der Waals surface area contributed by atoms with Gasteiger partial charge in [0, 0.05) is 51.9 Å². The highest BCUT2D eigenvalue weighted by Gasteiger charge is 2.50. The zero-order valence-corrected chi connectivity index (χ0v) is 16.3. The van der Waals surface area contributed by atoms with Crippen molar-refractivity contribution in [1.82, 2.24) is 14.2 Å². The molecule has 0 radical (unpaired) electrons. The predicted molar refractivity (Wildman–Crippen MR) is 100 cm³/mol. The van der Waals surface area contributed by atoms with Gasteiger partial charge in [-0.05, 0) is 43.2 Å². The fraction of sp³-hybridized carbons (Fsp3) is 0.737. The molecule has 0 N–H and O–H groups in total. The standard InChI is InChI=1S/C19H29N3O3S/c1-25-14-16-12-21(13-17-4-2-3-9-20-17)15-19(16)7-10-22(11-8-19)26(23,24)18-5-6-18/h2-4,9,16,18H,5-8,10-15H2,1H3/t16-/m1/s1. The molecule has 2 saturated heterocycles. The van der Waals surface area contributed by atoms with E-state index in [0.717, 1.165) is 57.6 Å². The van der Waals surface area contributed by atoms with Gasteiger partial charge >= 0.3 is 0 Å². The molecule has 3 aliphatic rings. The summed E-state index contributed by atoms with van der Waals surface area (Å²) in [5.41, 5.74) is 1.26. The van der Waals surface area contributed by atoms with Crippen molar-refractivity contribution in [1.29, 1.82) is 0 Å². The maximum absolute atomic E-state index is 12.5. The Morgan fingerprint density at radius 2 is 2.04 bits per heavy atom. The van der Waals surface area contributed by atoms with Gasteiger partial charge in [-0.25, -0.2) is 12.7 Å². The Kier molecular flexibility index (Phi) is 5.07. The van der Waals surface area contributed by atoms with E-state index >= 15 is 0 Å². The molecule has 1 saturated carbocycles. The van der Waals surface area contributed by atoms with Crippen LogP contribution in [0.4, 0.5) is 0 Å². The van der Waals surface area contributed by atoms with Crippen LogP contribution in [0.2, 0.25) is 0 Å². The minimum Gasteiger partial charge on any atom is -0.384 e. The molecule has 1 atom stereocenters. The van der Waals surface area contributed by atoms with Crippen LogP contribution in [-0.2, 0) is 21.3 Å². The Hall–Kier alpha value is -1.02. The second kappa shape index (κ2) is 7.19. The molecule has 1 aromatic rings. The molecule has 3 heterocycles. The lowest BCUT2D eigenvalue weighted by Gasteiger charge is -2.42. The van der Waals surface area contributed by atoms with Crippen LogP contribution >= 0.6 is 0 Å². The monoisotopic (exact) mass is 379 g/mol. The fourth-order valence-corrected chi connectivity index (χ4v) is 6.59. The van der Waals surface area contributed by atoms with E-state index < -0.39 is 10.0 Å². The number of nitrogens with zero attached hydrogens (tertiary/aromatic N) is 3. The molecule has 3 fully saturated rings. The van der Waals surface area contributed by atoms with Crippen LogP contribution in [0.1, 0.15) is 31.4 Å². The Morgan fingerprint density at radius 1 is 1.27 bits per heavy atom. The van der Waals surface area contributed by atoms with Crippen molar-refractivity contribution in [3.8, 4) is 0 Å². The topological polar surface area (TPSA) is 62.7 Å². The lowest BCUT2D eigenvalue weighted by Crippen LogP contribution is -2.48. The number of methoxy groups -OCH3 is 1. The van der Waals surface area contributed by atoms with Crippen LogP contribution < -0.4 is 0 Å². The minimum atomic E-state index is -3.05. The average Bonchev–Trinajstić information content (AvgIpc) is 3.44. The highest BCUT2D eigenvalue weighted by Crippen LogP contribution is 2.46. The number of sulfonamides is 1. The van der Waals surface area contributed by atoms with Crippen molar-refractivity contribution in [2.45, 2.75) is 37.5 Å². The van der Waals surface area contributed by atoms with Crippen molar-refractivity contribution in [3.63, 3.8) is 0 Å². The summed E-state index contributed by atoms with van der Waals surface area (Å²) in [5, 5.41) is -0.101. The van der Waals surface area contributed by atoms with Crippen LogP contribution in [0, 0.1) is 11.3 Å².